The Morgan fingerprint density at radius 2 is 0.781 bits per heavy atom. The maximum atomic E-state index is 13.1. The van der Waals surface area contributed by atoms with Crippen molar-refractivity contribution in [2.45, 2.75) is 365 Å². The Morgan fingerprint density at radius 3 is 1.15 bits per heavy atom. The van der Waals surface area contributed by atoms with E-state index in [9.17, 15) is 30.3 Å². The van der Waals surface area contributed by atoms with Crippen LogP contribution in [0.25, 0.3) is 0 Å². The highest BCUT2D eigenvalue weighted by Crippen LogP contribution is 2.23. The zero-order chi connectivity index (χ0) is 52.9. The number of hydrogen-bond acceptors (Lipinski definition) is 8. The molecule has 0 saturated carbocycles. The van der Waals surface area contributed by atoms with E-state index in [0.717, 1.165) is 38.5 Å². The van der Waals surface area contributed by atoms with Gasteiger partial charge in [-0.1, -0.05) is 308 Å². The molecule has 7 atom stereocenters. The molecular weight excluding hydrogens is 911 g/mol. The molecule has 73 heavy (non-hydrogen) atoms. The van der Waals surface area contributed by atoms with Gasteiger partial charge in [-0.05, 0) is 32.1 Å². The van der Waals surface area contributed by atoms with Gasteiger partial charge in [-0.25, -0.2) is 0 Å². The predicted molar refractivity (Wildman–Crippen MR) is 309 cm³/mol. The number of aliphatic hydroxyl groups is 5. The van der Waals surface area contributed by atoms with Gasteiger partial charge in [0.25, 0.3) is 0 Å². The molecule has 1 saturated heterocycles. The average molecular weight is 1030 g/mol. The number of amides is 1. The number of allylic oxidation sites excluding steroid dienone is 3. The van der Waals surface area contributed by atoms with Gasteiger partial charge in [0, 0.05) is 6.42 Å². The van der Waals surface area contributed by atoms with Crippen LogP contribution < -0.4 is 5.32 Å². The lowest BCUT2D eigenvalue weighted by Crippen LogP contribution is -2.60. The van der Waals surface area contributed by atoms with Crippen LogP contribution in [0.2, 0.25) is 0 Å². The molecule has 1 aliphatic rings. The van der Waals surface area contributed by atoms with Gasteiger partial charge in [-0.2, -0.15) is 0 Å². The molecule has 0 aromatic carbocycles. The third-order valence-electron chi connectivity index (χ3n) is 15.5. The molecule has 432 valence electrons. The summed E-state index contributed by atoms with van der Waals surface area (Å²) in [7, 11) is 0. The van der Waals surface area contributed by atoms with Crippen LogP contribution in [0.1, 0.15) is 322 Å². The Balaban J connectivity index is 2.19. The highest BCUT2D eigenvalue weighted by molar-refractivity contribution is 5.76. The molecule has 0 aliphatic carbocycles. The standard InChI is InChI=1S/C64H123NO8/c1-3-5-7-9-11-13-15-17-19-21-23-25-27-29-30-31-33-35-37-39-41-43-45-47-49-51-53-58(67)57(56-72-64-63(71)62(70)61(69)59(55-66)73-64)65-60(68)54-52-50-48-46-44-42-40-38-36-34-32-28-26-24-22-20-18-16-14-12-10-8-6-4-2/h43,45,51,53,57-59,61-64,66-67,69-71H,3-42,44,46-50,52,54-56H2,1-2H3,(H,65,68)/b45-43+,53-51+. The molecule has 0 spiro atoms. The second-order valence-corrected chi connectivity index (χ2v) is 22.6. The maximum absolute atomic E-state index is 13.1. The lowest BCUT2D eigenvalue weighted by molar-refractivity contribution is -0.302. The van der Waals surface area contributed by atoms with Gasteiger partial charge >= 0.3 is 0 Å². The smallest absolute Gasteiger partial charge is 0.220 e. The second-order valence-electron chi connectivity index (χ2n) is 22.6. The van der Waals surface area contributed by atoms with Crippen molar-refractivity contribution < 1.29 is 39.8 Å². The van der Waals surface area contributed by atoms with Gasteiger partial charge in [0.15, 0.2) is 6.29 Å². The Morgan fingerprint density at radius 1 is 0.452 bits per heavy atom. The van der Waals surface area contributed by atoms with Crippen molar-refractivity contribution in [2.24, 2.45) is 0 Å². The van der Waals surface area contributed by atoms with Crippen LogP contribution in [0, 0.1) is 0 Å². The summed E-state index contributed by atoms with van der Waals surface area (Å²) in [6, 6.07) is -0.819. The fraction of sp³-hybridized carbons (Fsp3) is 0.922. The number of carbonyl (C=O) groups excluding carboxylic acids is 1. The number of aliphatic hydroxyl groups excluding tert-OH is 5. The van der Waals surface area contributed by atoms with Crippen LogP contribution in [0.3, 0.4) is 0 Å². The number of rotatable bonds is 56. The van der Waals surface area contributed by atoms with Crippen LogP contribution in [0.15, 0.2) is 24.3 Å². The molecule has 0 bridgehead atoms. The highest BCUT2D eigenvalue weighted by atomic mass is 16.7. The molecule has 0 aromatic heterocycles. The first-order valence-corrected chi connectivity index (χ1v) is 32.1. The summed E-state index contributed by atoms with van der Waals surface area (Å²) in [5, 5.41) is 54.6. The van der Waals surface area contributed by atoms with E-state index < -0.39 is 49.5 Å². The highest BCUT2D eigenvalue weighted by Gasteiger charge is 2.44. The SMILES string of the molecule is CCCCCCCCCCCCCCCCCCCCCC/C=C/CC/C=C/C(O)C(COC1OC(CO)C(O)C(O)C1O)NC(=O)CCCCCCCCCCCCCCCCCCCCCCCCCC. The minimum absolute atomic E-state index is 0.179. The van der Waals surface area contributed by atoms with Crippen molar-refractivity contribution in [1.29, 1.82) is 0 Å². The zero-order valence-electron chi connectivity index (χ0n) is 48.2. The van der Waals surface area contributed by atoms with Gasteiger partial charge in [0.2, 0.25) is 5.91 Å². The first-order chi connectivity index (χ1) is 35.8. The number of hydrogen-bond donors (Lipinski definition) is 6. The molecular formula is C64H123NO8. The third-order valence-corrected chi connectivity index (χ3v) is 15.5. The van der Waals surface area contributed by atoms with E-state index in [0.29, 0.717) is 6.42 Å². The molecule has 9 heteroatoms. The topological polar surface area (TPSA) is 149 Å². The van der Waals surface area contributed by atoms with E-state index in [-0.39, 0.29) is 12.5 Å². The van der Waals surface area contributed by atoms with E-state index in [1.54, 1.807) is 6.08 Å². The summed E-state index contributed by atoms with van der Waals surface area (Å²) in [5.74, 6) is -0.179. The quantitative estimate of drug-likeness (QED) is 0.0261. The summed E-state index contributed by atoms with van der Waals surface area (Å²) < 4.78 is 11.3. The van der Waals surface area contributed by atoms with Crippen molar-refractivity contribution in [3.05, 3.63) is 24.3 Å². The first-order valence-electron chi connectivity index (χ1n) is 32.1. The van der Waals surface area contributed by atoms with Gasteiger partial charge in [0.1, 0.15) is 24.4 Å². The van der Waals surface area contributed by atoms with Crippen molar-refractivity contribution in [2.75, 3.05) is 13.2 Å². The molecule has 6 N–H and O–H groups in total. The van der Waals surface area contributed by atoms with Gasteiger partial charge in [-0.15, -0.1) is 0 Å². The maximum Gasteiger partial charge on any atom is 0.220 e. The normalized spacial score (nSPS) is 19.1. The van der Waals surface area contributed by atoms with Crippen LogP contribution in [-0.2, 0) is 14.3 Å². The zero-order valence-corrected chi connectivity index (χ0v) is 48.2. The second kappa shape index (κ2) is 54.0. The number of ether oxygens (including phenoxy) is 2. The van der Waals surface area contributed by atoms with E-state index in [1.807, 2.05) is 6.08 Å². The van der Waals surface area contributed by atoms with Gasteiger partial charge in [0.05, 0.1) is 25.4 Å². The van der Waals surface area contributed by atoms with Crippen molar-refractivity contribution in [1.82, 2.24) is 5.32 Å². The number of unbranched alkanes of at least 4 members (excludes halogenated alkanes) is 44. The number of nitrogens with one attached hydrogen (secondary N) is 1. The lowest BCUT2D eigenvalue weighted by atomic mass is 9.99. The van der Waals surface area contributed by atoms with Crippen molar-refractivity contribution in [3.63, 3.8) is 0 Å². The fourth-order valence-electron chi connectivity index (χ4n) is 10.5. The Labute approximate surface area is 451 Å². The molecule has 1 fully saturated rings. The average Bonchev–Trinajstić information content (AvgIpc) is 3.39. The minimum Gasteiger partial charge on any atom is -0.394 e. The third kappa shape index (κ3) is 43.4. The molecule has 1 rings (SSSR count). The van der Waals surface area contributed by atoms with Crippen molar-refractivity contribution >= 4 is 5.91 Å². The fourth-order valence-corrected chi connectivity index (χ4v) is 10.5. The van der Waals surface area contributed by atoms with Gasteiger partial charge in [-0.3, -0.25) is 4.79 Å². The summed E-state index contributed by atoms with van der Waals surface area (Å²) in [6.45, 7) is 3.82. The van der Waals surface area contributed by atoms with E-state index in [2.05, 4.69) is 31.3 Å². The summed E-state index contributed by atoms with van der Waals surface area (Å²) in [4.78, 5) is 13.1. The van der Waals surface area contributed by atoms with Crippen LogP contribution in [-0.4, -0.2) is 87.5 Å². The molecule has 9 nitrogen and oxygen atoms in total. The first kappa shape index (κ1) is 69.7. The molecule has 1 amide bonds. The van der Waals surface area contributed by atoms with Crippen LogP contribution in [0.4, 0.5) is 0 Å². The minimum atomic E-state index is -1.57. The Kier molecular flexibility index (Phi) is 51.6. The largest absolute Gasteiger partial charge is 0.394 e. The molecule has 0 aromatic rings. The summed E-state index contributed by atoms with van der Waals surface area (Å²) in [5.41, 5.74) is 0. The predicted octanol–water partition coefficient (Wildman–Crippen LogP) is 16.5. The summed E-state index contributed by atoms with van der Waals surface area (Å²) in [6.07, 6.45) is 62.7. The lowest BCUT2D eigenvalue weighted by Gasteiger charge is -2.40. The van der Waals surface area contributed by atoms with Gasteiger partial charge < -0.3 is 40.3 Å². The molecule has 1 heterocycles. The monoisotopic (exact) mass is 1030 g/mol. The molecule has 1 aliphatic heterocycles. The summed E-state index contributed by atoms with van der Waals surface area (Å²) >= 11 is 0. The van der Waals surface area contributed by atoms with E-state index >= 15 is 0 Å². The van der Waals surface area contributed by atoms with E-state index in [4.69, 9.17) is 9.47 Å². The number of carbonyl (C=O) groups is 1. The van der Waals surface area contributed by atoms with Crippen molar-refractivity contribution in [3.8, 4) is 0 Å². The molecule has 0 radical (unpaired) electrons. The van der Waals surface area contributed by atoms with E-state index in [1.165, 1.54) is 263 Å². The Hall–Kier alpha value is -1.33. The molecule has 7 unspecified atom stereocenters. The van der Waals surface area contributed by atoms with Crippen LogP contribution in [0.5, 0.6) is 0 Å². The Bertz CT molecular complexity index is 1200. The van der Waals surface area contributed by atoms with Crippen LogP contribution >= 0.6 is 0 Å².